The highest BCUT2D eigenvalue weighted by atomic mass is 16.3. The maximum Gasteiger partial charge on any atom is 0.136 e. The van der Waals surface area contributed by atoms with Gasteiger partial charge in [0.2, 0.25) is 0 Å². The van der Waals surface area contributed by atoms with Gasteiger partial charge in [0.1, 0.15) is 11.2 Å². The first-order valence-corrected chi connectivity index (χ1v) is 12.0. The van der Waals surface area contributed by atoms with Gasteiger partial charge in [0, 0.05) is 10.8 Å². The molecule has 0 amide bonds. The fraction of sp³-hybridized carbons (Fsp3) is 0. The highest BCUT2D eigenvalue weighted by Crippen LogP contribution is 2.42. The average molecular weight is 445 g/mol. The zero-order chi connectivity index (χ0) is 22.9. The van der Waals surface area contributed by atoms with Crippen LogP contribution in [0.5, 0.6) is 0 Å². The molecule has 0 aliphatic carbocycles. The predicted octanol–water partition coefficient (Wildman–Crippen LogP) is 9.87. The Bertz CT molecular complexity index is 2110. The SMILES string of the molecule is c1cc(-c2cccc3oc4ccc5ccccc5c4c23)c2cc3ccc4ccccc4c3cc2c1. The number of hydrogen-bond donors (Lipinski definition) is 0. The monoisotopic (exact) mass is 444 g/mol. The summed E-state index contributed by atoms with van der Waals surface area (Å²) in [6.45, 7) is 0. The van der Waals surface area contributed by atoms with E-state index >= 15 is 0 Å². The molecule has 0 atom stereocenters. The van der Waals surface area contributed by atoms with Crippen molar-refractivity contribution in [1.82, 2.24) is 0 Å². The highest BCUT2D eigenvalue weighted by Gasteiger charge is 2.16. The molecule has 1 heteroatoms. The summed E-state index contributed by atoms with van der Waals surface area (Å²) in [7, 11) is 0. The van der Waals surface area contributed by atoms with Gasteiger partial charge in [-0.05, 0) is 78.5 Å². The van der Waals surface area contributed by atoms with E-state index in [9.17, 15) is 0 Å². The molecule has 8 aromatic rings. The number of furan rings is 1. The molecule has 0 N–H and O–H groups in total. The number of rotatable bonds is 1. The van der Waals surface area contributed by atoms with Gasteiger partial charge in [0.25, 0.3) is 0 Å². The van der Waals surface area contributed by atoms with E-state index < -0.39 is 0 Å². The summed E-state index contributed by atoms with van der Waals surface area (Å²) in [4.78, 5) is 0. The first-order valence-electron chi connectivity index (χ1n) is 12.0. The zero-order valence-corrected chi connectivity index (χ0v) is 19.0. The molecule has 1 aromatic heterocycles. The summed E-state index contributed by atoms with van der Waals surface area (Å²) in [5.41, 5.74) is 4.31. The Labute approximate surface area is 201 Å². The first kappa shape index (κ1) is 18.8. The average Bonchev–Trinajstić information content (AvgIpc) is 3.31. The molecule has 7 aromatic carbocycles. The Morgan fingerprint density at radius 1 is 0.343 bits per heavy atom. The Morgan fingerprint density at radius 3 is 1.86 bits per heavy atom. The first-order chi connectivity index (χ1) is 17.3. The van der Waals surface area contributed by atoms with Crippen molar-refractivity contribution in [1.29, 1.82) is 0 Å². The fourth-order valence-electron chi connectivity index (χ4n) is 5.83. The van der Waals surface area contributed by atoms with Gasteiger partial charge in [-0.3, -0.25) is 0 Å². The van der Waals surface area contributed by atoms with Gasteiger partial charge < -0.3 is 4.42 Å². The number of benzene rings is 7. The third-order valence-corrected chi connectivity index (χ3v) is 7.42. The lowest BCUT2D eigenvalue weighted by Gasteiger charge is -2.12. The van der Waals surface area contributed by atoms with Crippen molar-refractivity contribution in [2.24, 2.45) is 0 Å². The summed E-state index contributed by atoms with van der Waals surface area (Å²) >= 11 is 0. The van der Waals surface area contributed by atoms with Gasteiger partial charge in [-0.1, -0.05) is 97.1 Å². The normalized spacial score (nSPS) is 12.0. The maximum absolute atomic E-state index is 6.35. The predicted molar refractivity (Wildman–Crippen MR) is 149 cm³/mol. The molecule has 0 aliphatic heterocycles. The van der Waals surface area contributed by atoms with E-state index in [4.69, 9.17) is 4.42 Å². The van der Waals surface area contributed by atoms with Crippen LogP contribution in [0.25, 0.3) is 76.2 Å². The van der Waals surface area contributed by atoms with E-state index in [-0.39, 0.29) is 0 Å². The molecule has 0 saturated heterocycles. The third kappa shape index (κ3) is 2.64. The second-order valence-electron chi connectivity index (χ2n) is 9.33. The van der Waals surface area contributed by atoms with Crippen molar-refractivity contribution >= 4 is 65.0 Å². The molecule has 1 nitrogen and oxygen atoms in total. The number of hydrogen-bond acceptors (Lipinski definition) is 1. The fourth-order valence-corrected chi connectivity index (χ4v) is 5.83. The number of fused-ring (bicyclic) bond motifs is 9. The standard InChI is InChI=1S/C34H20O/c1-3-10-25-21(7-1)15-16-24-20-30-23(19-29(24)25)9-5-12-27(30)28-13-6-14-31-34(28)33-26-11-4-2-8-22(26)17-18-32(33)35-31/h1-20H. The van der Waals surface area contributed by atoms with Gasteiger partial charge in [-0.25, -0.2) is 0 Å². The van der Waals surface area contributed by atoms with Crippen LogP contribution >= 0.6 is 0 Å². The van der Waals surface area contributed by atoms with Crippen LogP contribution in [0.2, 0.25) is 0 Å². The Morgan fingerprint density at radius 2 is 0.943 bits per heavy atom. The summed E-state index contributed by atoms with van der Waals surface area (Å²) in [5.74, 6) is 0. The molecule has 35 heavy (non-hydrogen) atoms. The summed E-state index contributed by atoms with van der Waals surface area (Å²) < 4.78 is 6.35. The smallest absolute Gasteiger partial charge is 0.136 e. The molecule has 0 saturated carbocycles. The lowest BCUT2D eigenvalue weighted by Crippen LogP contribution is -1.85. The lowest BCUT2D eigenvalue weighted by atomic mass is 9.91. The molecule has 0 unspecified atom stereocenters. The van der Waals surface area contributed by atoms with E-state index in [1.807, 2.05) is 0 Å². The van der Waals surface area contributed by atoms with Crippen molar-refractivity contribution in [2.75, 3.05) is 0 Å². The van der Waals surface area contributed by atoms with E-state index in [0.717, 1.165) is 11.2 Å². The minimum absolute atomic E-state index is 0.928. The molecule has 1 heterocycles. The summed E-state index contributed by atoms with van der Waals surface area (Å²) in [5, 5.41) is 12.5. The van der Waals surface area contributed by atoms with Crippen molar-refractivity contribution in [3.8, 4) is 11.1 Å². The van der Waals surface area contributed by atoms with E-state index in [1.54, 1.807) is 0 Å². The Kier molecular flexibility index (Phi) is 3.72. The second kappa shape index (κ2) is 6.94. The van der Waals surface area contributed by atoms with Crippen LogP contribution in [0, 0.1) is 0 Å². The molecule has 162 valence electrons. The van der Waals surface area contributed by atoms with Crippen molar-refractivity contribution in [3.05, 3.63) is 121 Å². The summed E-state index contributed by atoms with van der Waals surface area (Å²) in [6, 6.07) is 43.7. The van der Waals surface area contributed by atoms with Gasteiger partial charge in [-0.2, -0.15) is 0 Å². The second-order valence-corrected chi connectivity index (χ2v) is 9.33. The van der Waals surface area contributed by atoms with Crippen molar-refractivity contribution in [3.63, 3.8) is 0 Å². The van der Waals surface area contributed by atoms with Crippen LogP contribution in [0.4, 0.5) is 0 Å². The summed E-state index contributed by atoms with van der Waals surface area (Å²) in [6.07, 6.45) is 0. The van der Waals surface area contributed by atoms with Crippen LogP contribution in [0.3, 0.4) is 0 Å². The van der Waals surface area contributed by atoms with Gasteiger partial charge in [0.05, 0.1) is 0 Å². The molecular weight excluding hydrogens is 424 g/mol. The molecule has 0 spiro atoms. The van der Waals surface area contributed by atoms with Gasteiger partial charge >= 0.3 is 0 Å². The van der Waals surface area contributed by atoms with Gasteiger partial charge in [-0.15, -0.1) is 0 Å². The molecule has 0 aliphatic rings. The molecule has 0 bridgehead atoms. The van der Waals surface area contributed by atoms with Crippen LogP contribution in [-0.2, 0) is 0 Å². The highest BCUT2D eigenvalue weighted by molar-refractivity contribution is 6.24. The van der Waals surface area contributed by atoms with Gasteiger partial charge in [0.15, 0.2) is 0 Å². The minimum Gasteiger partial charge on any atom is -0.456 e. The maximum atomic E-state index is 6.35. The van der Waals surface area contributed by atoms with Crippen LogP contribution in [0.15, 0.2) is 126 Å². The minimum atomic E-state index is 0.928. The molecular formula is C34H20O. The van der Waals surface area contributed by atoms with Crippen LogP contribution < -0.4 is 0 Å². The zero-order valence-electron chi connectivity index (χ0n) is 19.0. The van der Waals surface area contributed by atoms with Crippen molar-refractivity contribution < 1.29 is 4.42 Å². The van der Waals surface area contributed by atoms with E-state index in [0.29, 0.717) is 0 Å². The lowest BCUT2D eigenvalue weighted by molar-refractivity contribution is 0.669. The quantitative estimate of drug-likeness (QED) is 0.181. The Balaban J connectivity index is 1.51. The third-order valence-electron chi connectivity index (χ3n) is 7.42. The van der Waals surface area contributed by atoms with Crippen molar-refractivity contribution in [2.45, 2.75) is 0 Å². The van der Waals surface area contributed by atoms with Crippen LogP contribution in [0.1, 0.15) is 0 Å². The molecule has 8 rings (SSSR count). The largest absolute Gasteiger partial charge is 0.456 e. The van der Waals surface area contributed by atoms with E-state index in [1.165, 1.54) is 65.0 Å². The van der Waals surface area contributed by atoms with E-state index in [2.05, 4.69) is 121 Å². The topological polar surface area (TPSA) is 13.1 Å². The van der Waals surface area contributed by atoms with Crippen LogP contribution in [-0.4, -0.2) is 0 Å². The molecule has 0 fully saturated rings. The Hall–Kier alpha value is -4.62. The molecule has 0 radical (unpaired) electrons.